The minimum absolute atomic E-state index is 0.112. The van der Waals surface area contributed by atoms with Crippen molar-refractivity contribution in [2.24, 2.45) is 4.99 Å². The molecule has 0 aromatic heterocycles. The monoisotopic (exact) mass is 426 g/mol. The van der Waals surface area contributed by atoms with E-state index in [2.05, 4.69) is 50.7 Å². The van der Waals surface area contributed by atoms with Crippen LogP contribution in [0.25, 0.3) is 0 Å². The fraction of sp³-hybridized carbons (Fsp3) is 0.435. The molecule has 0 spiro atoms. The van der Waals surface area contributed by atoms with Crippen molar-refractivity contribution in [3.05, 3.63) is 65.7 Å². The van der Waals surface area contributed by atoms with E-state index in [1.807, 2.05) is 12.1 Å². The molecule has 7 heteroatoms. The van der Waals surface area contributed by atoms with Gasteiger partial charge >= 0.3 is 0 Å². The van der Waals surface area contributed by atoms with Gasteiger partial charge in [-0.3, -0.25) is 4.99 Å². The smallest absolute Gasteiger partial charge is 0.240 e. The molecule has 2 aliphatic carbocycles. The fourth-order valence-electron chi connectivity index (χ4n) is 3.90. The van der Waals surface area contributed by atoms with Crippen molar-refractivity contribution in [2.75, 3.05) is 13.6 Å². The van der Waals surface area contributed by atoms with Crippen molar-refractivity contribution in [3.63, 3.8) is 0 Å². The average molecular weight is 427 g/mol. The van der Waals surface area contributed by atoms with E-state index >= 15 is 0 Å². The predicted octanol–water partition coefficient (Wildman–Crippen LogP) is 2.91. The summed E-state index contributed by atoms with van der Waals surface area (Å²) in [5, 5.41) is 6.81. The number of benzene rings is 2. The van der Waals surface area contributed by atoms with Gasteiger partial charge in [-0.2, -0.15) is 0 Å². The summed E-state index contributed by atoms with van der Waals surface area (Å²) in [4.78, 5) is 4.66. The van der Waals surface area contributed by atoms with Gasteiger partial charge in [0.2, 0.25) is 10.0 Å². The van der Waals surface area contributed by atoms with Gasteiger partial charge in [0, 0.05) is 31.6 Å². The van der Waals surface area contributed by atoms with E-state index in [0.717, 1.165) is 30.9 Å². The Bertz CT molecular complexity index is 980. The van der Waals surface area contributed by atoms with E-state index in [1.54, 1.807) is 19.2 Å². The highest BCUT2D eigenvalue weighted by Gasteiger charge is 2.38. The normalized spacial score (nSPS) is 18.5. The van der Waals surface area contributed by atoms with Crippen LogP contribution in [0.3, 0.4) is 0 Å². The molecule has 0 amide bonds. The van der Waals surface area contributed by atoms with Crippen LogP contribution in [0.4, 0.5) is 0 Å². The van der Waals surface area contributed by atoms with Gasteiger partial charge in [0.05, 0.1) is 4.90 Å². The quantitative estimate of drug-likeness (QED) is 0.448. The second-order valence-electron chi connectivity index (χ2n) is 8.32. The van der Waals surface area contributed by atoms with Crippen LogP contribution in [0.1, 0.15) is 43.2 Å². The SMILES string of the molecule is CN=C(NCc1ccc(S(=O)(=O)NC2CC2)cc1)NCC1(c2ccccc2)CCC1. The zero-order valence-electron chi connectivity index (χ0n) is 17.4. The van der Waals surface area contributed by atoms with Crippen LogP contribution in [-0.2, 0) is 22.0 Å². The highest BCUT2D eigenvalue weighted by Crippen LogP contribution is 2.43. The molecule has 6 nitrogen and oxygen atoms in total. The van der Waals surface area contributed by atoms with Crippen molar-refractivity contribution >= 4 is 16.0 Å². The third-order valence-corrected chi connectivity index (χ3v) is 7.64. The molecule has 2 aromatic rings. The highest BCUT2D eigenvalue weighted by atomic mass is 32.2. The van der Waals surface area contributed by atoms with Gasteiger partial charge in [0.25, 0.3) is 0 Å². The Balaban J connectivity index is 1.31. The molecule has 160 valence electrons. The summed E-state index contributed by atoms with van der Waals surface area (Å²) in [7, 11) is -1.64. The molecule has 30 heavy (non-hydrogen) atoms. The first-order valence-electron chi connectivity index (χ1n) is 10.6. The van der Waals surface area contributed by atoms with Crippen molar-refractivity contribution in [1.29, 1.82) is 0 Å². The molecule has 3 N–H and O–H groups in total. The first kappa shape index (κ1) is 20.9. The number of guanidine groups is 1. The van der Waals surface area contributed by atoms with Crippen LogP contribution < -0.4 is 15.4 Å². The molecular weight excluding hydrogens is 396 g/mol. The molecule has 2 aliphatic rings. The minimum atomic E-state index is -3.40. The lowest BCUT2D eigenvalue weighted by Crippen LogP contribution is -2.48. The Morgan fingerprint density at radius 3 is 2.30 bits per heavy atom. The van der Waals surface area contributed by atoms with E-state index < -0.39 is 10.0 Å². The maximum absolute atomic E-state index is 12.3. The second kappa shape index (κ2) is 8.78. The Morgan fingerprint density at radius 1 is 1.03 bits per heavy atom. The summed E-state index contributed by atoms with van der Waals surface area (Å²) in [6, 6.07) is 17.8. The van der Waals surface area contributed by atoms with E-state index in [9.17, 15) is 8.42 Å². The number of nitrogens with one attached hydrogen (secondary N) is 3. The lowest BCUT2D eigenvalue weighted by atomic mass is 9.64. The topological polar surface area (TPSA) is 82.6 Å². The van der Waals surface area contributed by atoms with E-state index in [0.29, 0.717) is 11.4 Å². The number of nitrogens with zero attached hydrogens (tertiary/aromatic N) is 1. The van der Waals surface area contributed by atoms with Gasteiger partial charge in [0.15, 0.2) is 5.96 Å². The van der Waals surface area contributed by atoms with Crippen molar-refractivity contribution in [1.82, 2.24) is 15.4 Å². The van der Waals surface area contributed by atoms with E-state index in [4.69, 9.17) is 0 Å². The zero-order valence-corrected chi connectivity index (χ0v) is 18.2. The third-order valence-electron chi connectivity index (χ3n) is 6.11. The van der Waals surface area contributed by atoms with Crippen molar-refractivity contribution < 1.29 is 8.42 Å². The Labute approximate surface area is 179 Å². The maximum Gasteiger partial charge on any atom is 0.240 e. The summed E-state index contributed by atoms with van der Waals surface area (Å²) in [5.41, 5.74) is 2.57. The van der Waals surface area contributed by atoms with Gasteiger partial charge < -0.3 is 10.6 Å². The van der Waals surface area contributed by atoms with Crippen LogP contribution in [0.2, 0.25) is 0 Å². The Morgan fingerprint density at radius 2 is 1.73 bits per heavy atom. The van der Waals surface area contributed by atoms with Gasteiger partial charge in [0.1, 0.15) is 0 Å². The van der Waals surface area contributed by atoms with Crippen LogP contribution >= 0.6 is 0 Å². The molecule has 0 saturated heterocycles. The van der Waals surface area contributed by atoms with Crippen LogP contribution in [0.15, 0.2) is 64.5 Å². The maximum atomic E-state index is 12.3. The molecule has 0 heterocycles. The summed E-state index contributed by atoms with van der Waals surface area (Å²) >= 11 is 0. The van der Waals surface area contributed by atoms with Gasteiger partial charge in [-0.1, -0.05) is 48.9 Å². The first-order valence-corrected chi connectivity index (χ1v) is 12.1. The highest BCUT2D eigenvalue weighted by molar-refractivity contribution is 7.89. The number of sulfonamides is 1. The standard InChI is InChI=1S/C23H30N4O2S/c1-24-22(26-17-23(14-5-15-23)19-6-3-2-4-7-19)25-16-18-8-12-21(13-9-18)30(28,29)27-20-10-11-20/h2-4,6-9,12-13,20,27H,5,10-11,14-17H2,1H3,(H2,24,25,26). The average Bonchev–Trinajstić information content (AvgIpc) is 3.54. The van der Waals surface area contributed by atoms with Crippen LogP contribution in [-0.4, -0.2) is 34.0 Å². The summed E-state index contributed by atoms with van der Waals surface area (Å²) in [5.74, 6) is 0.754. The number of hydrogen-bond donors (Lipinski definition) is 3. The summed E-state index contributed by atoms with van der Waals surface area (Å²) in [6.07, 6.45) is 5.49. The lowest BCUT2D eigenvalue weighted by Gasteiger charge is -2.43. The Kier molecular flexibility index (Phi) is 6.11. The summed E-state index contributed by atoms with van der Waals surface area (Å²) in [6.45, 7) is 1.43. The third kappa shape index (κ3) is 4.84. The zero-order chi connectivity index (χ0) is 21.0. The molecule has 0 unspecified atom stereocenters. The fourth-order valence-corrected chi connectivity index (χ4v) is 5.20. The predicted molar refractivity (Wildman–Crippen MR) is 120 cm³/mol. The van der Waals surface area contributed by atoms with Crippen molar-refractivity contribution in [3.8, 4) is 0 Å². The number of aliphatic imine (C=N–C) groups is 1. The molecular formula is C23H30N4O2S. The molecule has 2 fully saturated rings. The van der Waals surface area contributed by atoms with Gasteiger partial charge in [-0.25, -0.2) is 13.1 Å². The van der Waals surface area contributed by atoms with Crippen LogP contribution in [0, 0.1) is 0 Å². The minimum Gasteiger partial charge on any atom is -0.356 e. The first-order chi connectivity index (χ1) is 14.5. The molecule has 2 aromatic carbocycles. The molecule has 0 atom stereocenters. The number of rotatable bonds is 8. The molecule has 4 rings (SSSR count). The van der Waals surface area contributed by atoms with E-state index in [-0.39, 0.29) is 11.5 Å². The van der Waals surface area contributed by atoms with Crippen LogP contribution in [0.5, 0.6) is 0 Å². The lowest BCUT2D eigenvalue weighted by molar-refractivity contribution is 0.244. The molecule has 0 aliphatic heterocycles. The van der Waals surface area contributed by atoms with Gasteiger partial charge in [-0.05, 0) is 48.9 Å². The van der Waals surface area contributed by atoms with E-state index in [1.165, 1.54) is 24.8 Å². The number of hydrogen-bond acceptors (Lipinski definition) is 3. The molecule has 0 bridgehead atoms. The molecule has 2 saturated carbocycles. The van der Waals surface area contributed by atoms with Crippen molar-refractivity contribution in [2.45, 2.75) is 55.0 Å². The largest absolute Gasteiger partial charge is 0.356 e. The van der Waals surface area contributed by atoms with Gasteiger partial charge in [-0.15, -0.1) is 0 Å². The second-order valence-corrected chi connectivity index (χ2v) is 10.0. The summed E-state index contributed by atoms with van der Waals surface area (Å²) < 4.78 is 27.3. The Hall–Kier alpha value is -2.38. The molecule has 0 radical (unpaired) electrons.